The number of ketones is 1. The zero-order valence-electron chi connectivity index (χ0n) is 15.9. The molecular formula is C23H17N5O2. The van der Waals surface area contributed by atoms with Gasteiger partial charge in [-0.3, -0.25) is 9.59 Å². The van der Waals surface area contributed by atoms with Crippen LogP contribution in [0.15, 0.2) is 72.9 Å². The highest BCUT2D eigenvalue weighted by Crippen LogP contribution is 2.31. The average molecular weight is 395 g/mol. The maximum Gasteiger partial charge on any atom is 0.306 e. The van der Waals surface area contributed by atoms with Crippen molar-refractivity contribution in [3.63, 3.8) is 0 Å². The molecule has 4 aromatic rings. The number of aromatic nitrogens is 3. The molecule has 7 nitrogen and oxygen atoms in total. The van der Waals surface area contributed by atoms with Crippen molar-refractivity contribution in [1.29, 1.82) is 0 Å². The number of nitrogens with one attached hydrogen (secondary N) is 2. The summed E-state index contributed by atoms with van der Waals surface area (Å²) in [4.78, 5) is 39.4. The Kier molecular flexibility index (Phi) is 4.33. The molecule has 0 bridgehead atoms. The quantitative estimate of drug-likeness (QED) is 0.403. The fourth-order valence-corrected chi connectivity index (χ4v) is 3.43. The largest absolute Gasteiger partial charge is 0.381 e. The molecule has 146 valence electrons. The van der Waals surface area contributed by atoms with E-state index in [4.69, 9.17) is 0 Å². The van der Waals surface area contributed by atoms with Gasteiger partial charge in [-0.15, -0.1) is 0 Å². The highest BCUT2D eigenvalue weighted by Gasteiger charge is 2.29. The van der Waals surface area contributed by atoms with Crippen molar-refractivity contribution in [2.45, 2.75) is 0 Å². The van der Waals surface area contributed by atoms with Crippen LogP contribution in [0.1, 0.15) is 15.9 Å². The second-order valence-corrected chi connectivity index (χ2v) is 6.82. The van der Waals surface area contributed by atoms with E-state index in [1.165, 1.54) is 4.90 Å². The first-order chi connectivity index (χ1) is 14.7. The van der Waals surface area contributed by atoms with Gasteiger partial charge in [0.15, 0.2) is 5.65 Å². The maximum absolute atomic E-state index is 13.4. The molecule has 0 spiro atoms. The Bertz CT molecular complexity index is 1260. The molecule has 2 aromatic carbocycles. The zero-order chi connectivity index (χ0) is 20.5. The molecule has 7 heteroatoms. The summed E-state index contributed by atoms with van der Waals surface area (Å²) >= 11 is 0. The molecule has 0 atom stereocenters. The van der Waals surface area contributed by atoms with Gasteiger partial charge in [-0.25, -0.2) is 14.9 Å². The lowest BCUT2D eigenvalue weighted by Gasteiger charge is -2.22. The summed E-state index contributed by atoms with van der Waals surface area (Å²) in [5.74, 6) is -1.07. The van der Waals surface area contributed by atoms with Gasteiger partial charge in [-0.1, -0.05) is 42.5 Å². The van der Waals surface area contributed by atoms with Gasteiger partial charge in [-0.05, 0) is 35.9 Å². The SMILES string of the molecule is O=C(C(=O)N(c1ccc2c(c1)C=CCN2)c1nc2cccnc2[nH]1)c1ccccc1. The number of hydrogen-bond acceptors (Lipinski definition) is 5. The molecule has 5 rings (SSSR count). The highest BCUT2D eigenvalue weighted by molar-refractivity contribution is 6.48. The number of amides is 1. The van der Waals surface area contributed by atoms with E-state index >= 15 is 0 Å². The van der Waals surface area contributed by atoms with Gasteiger partial charge in [-0.2, -0.15) is 0 Å². The van der Waals surface area contributed by atoms with Gasteiger partial charge in [0.2, 0.25) is 5.95 Å². The van der Waals surface area contributed by atoms with Crippen LogP contribution in [0.2, 0.25) is 0 Å². The van der Waals surface area contributed by atoms with Crippen LogP contribution < -0.4 is 10.2 Å². The van der Waals surface area contributed by atoms with Crippen molar-refractivity contribution >= 4 is 46.3 Å². The molecule has 0 saturated heterocycles. The number of H-pyrrole nitrogens is 1. The number of rotatable bonds is 4. The van der Waals surface area contributed by atoms with Crippen molar-refractivity contribution in [1.82, 2.24) is 15.0 Å². The van der Waals surface area contributed by atoms with Crippen molar-refractivity contribution in [3.8, 4) is 0 Å². The van der Waals surface area contributed by atoms with Crippen LogP contribution in [0.4, 0.5) is 17.3 Å². The first-order valence-electron chi connectivity index (χ1n) is 9.50. The van der Waals surface area contributed by atoms with Crippen molar-refractivity contribution in [2.24, 2.45) is 0 Å². The van der Waals surface area contributed by atoms with Crippen LogP contribution in [0.5, 0.6) is 0 Å². The van der Waals surface area contributed by atoms with E-state index in [9.17, 15) is 9.59 Å². The third kappa shape index (κ3) is 3.12. The first kappa shape index (κ1) is 17.8. The molecule has 3 heterocycles. The van der Waals surface area contributed by atoms with Crippen molar-refractivity contribution < 1.29 is 9.59 Å². The minimum Gasteiger partial charge on any atom is -0.381 e. The fraction of sp³-hybridized carbons (Fsp3) is 0.0435. The summed E-state index contributed by atoms with van der Waals surface area (Å²) in [6.45, 7) is 0.747. The molecule has 0 fully saturated rings. The number of Topliss-reactive ketones (excluding diaryl/α,β-unsaturated/α-hetero) is 1. The molecule has 2 aromatic heterocycles. The molecule has 1 amide bonds. The zero-order valence-corrected chi connectivity index (χ0v) is 15.9. The van der Waals surface area contributed by atoms with E-state index in [0.29, 0.717) is 22.4 Å². The molecule has 1 aliphatic heterocycles. The summed E-state index contributed by atoms with van der Waals surface area (Å²) in [5, 5.41) is 3.28. The predicted octanol–water partition coefficient (Wildman–Crippen LogP) is 3.94. The normalized spacial score (nSPS) is 12.3. The number of benzene rings is 2. The van der Waals surface area contributed by atoms with Crippen LogP contribution in [0, 0.1) is 0 Å². The molecule has 0 aliphatic carbocycles. The lowest BCUT2D eigenvalue weighted by atomic mass is 10.1. The lowest BCUT2D eigenvalue weighted by molar-refractivity contribution is -0.114. The number of anilines is 3. The lowest BCUT2D eigenvalue weighted by Crippen LogP contribution is -2.33. The van der Waals surface area contributed by atoms with Crippen LogP contribution in [-0.2, 0) is 4.79 Å². The number of imidazole rings is 1. The summed E-state index contributed by atoms with van der Waals surface area (Å²) in [6, 6.07) is 17.6. The van der Waals surface area contributed by atoms with Gasteiger partial charge in [0, 0.05) is 24.0 Å². The second-order valence-electron chi connectivity index (χ2n) is 6.82. The Hall–Kier alpha value is -4.26. The molecule has 30 heavy (non-hydrogen) atoms. The Morgan fingerprint density at radius 2 is 1.87 bits per heavy atom. The van der Waals surface area contributed by atoms with E-state index in [0.717, 1.165) is 17.8 Å². The Balaban J connectivity index is 1.63. The minimum absolute atomic E-state index is 0.241. The number of nitrogens with zero attached hydrogens (tertiary/aromatic N) is 3. The van der Waals surface area contributed by atoms with Gasteiger partial charge < -0.3 is 10.3 Å². The third-order valence-corrected chi connectivity index (χ3v) is 4.89. The molecular weight excluding hydrogens is 378 g/mol. The highest BCUT2D eigenvalue weighted by atomic mass is 16.2. The Morgan fingerprint density at radius 1 is 1.00 bits per heavy atom. The number of pyridine rings is 1. The molecule has 2 N–H and O–H groups in total. The van der Waals surface area contributed by atoms with Crippen LogP contribution in [0.3, 0.4) is 0 Å². The van der Waals surface area contributed by atoms with E-state index in [-0.39, 0.29) is 5.95 Å². The van der Waals surface area contributed by atoms with Gasteiger partial charge in [0.25, 0.3) is 5.78 Å². The molecule has 0 radical (unpaired) electrons. The Labute approximate surface area is 172 Å². The van der Waals surface area contributed by atoms with Gasteiger partial charge in [0.05, 0.1) is 5.69 Å². The third-order valence-electron chi connectivity index (χ3n) is 4.89. The summed E-state index contributed by atoms with van der Waals surface area (Å²) in [5.41, 5.74) is 3.90. The smallest absolute Gasteiger partial charge is 0.306 e. The standard InChI is InChI=1S/C23H17N5O2/c29-20(15-6-2-1-3-7-15)22(30)28(23-26-19-9-5-13-25-21(19)27-23)17-10-11-18-16(14-17)8-4-12-24-18/h1-11,13-14,24H,12H2,(H,25,26,27). The molecule has 0 saturated carbocycles. The van der Waals surface area contributed by atoms with E-state index in [1.807, 2.05) is 24.3 Å². The minimum atomic E-state index is -0.701. The predicted molar refractivity (Wildman–Crippen MR) is 116 cm³/mol. The number of carbonyl (C=O) groups excluding carboxylic acids is 2. The van der Waals surface area contributed by atoms with E-state index in [2.05, 4.69) is 20.3 Å². The van der Waals surface area contributed by atoms with Crippen LogP contribution in [-0.4, -0.2) is 33.2 Å². The number of aromatic amines is 1. The van der Waals surface area contributed by atoms with E-state index in [1.54, 1.807) is 54.7 Å². The maximum atomic E-state index is 13.4. The van der Waals surface area contributed by atoms with Gasteiger partial charge in [0.1, 0.15) is 5.52 Å². The number of carbonyl (C=O) groups is 2. The topological polar surface area (TPSA) is 91.0 Å². The fourth-order valence-electron chi connectivity index (χ4n) is 3.43. The van der Waals surface area contributed by atoms with Gasteiger partial charge >= 0.3 is 5.91 Å². The van der Waals surface area contributed by atoms with Crippen LogP contribution >= 0.6 is 0 Å². The summed E-state index contributed by atoms with van der Waals surface area (Å²) in [7, 11) is 0. The monoisotopic (exact) mass is 395 g/mol. The average Bonchev–Trinajstić information content (AvgIpc) is 3.22. The number of hydrogen-bond donors (Lipinski definition) is 2. The summed E-state index contributed by atoms with van der Waals surface area (Å²) < 4.78 is 0. The first-order valence-corrected chi connectivity index (χ1v) is 9.50. The van der Waals surface area contributed by atoms with Crippen LogP contribution in [0.25, 0.3) is 17.2 Å². The molecule has 1 aliphatic rings. The summed E-state index contributed by atoms with van der Waals surface area (Å²) in [6.07, 6.45) is 5.62. The van der Waals surface area contributed by atoms with E-state index < -0.39 is 11.7 Å². The second kappa shape index (κ2) is 7.29. The molecule has 0 unspecified atom stereocenters. The van der Waals surface area contributed by atoms with Crippen molar-refractivity contribution in [3.05, 3.63) is 84.1 Å². The number of fused-ring (bicyclic) bond motifs is 2. The van der Waals surface area contributed by atoms with Crippen molar-refractivity contribution in [2.75, 3.05) is 16.8 Å². The Morgan fingerprint density at radius 3 is 2.70 bits per heavy atom.